The minimum atomic E-state index is -0.215. The highest BCUT2D eigenvalue weighted by Crippen LogP contribution is 2.53. The monoisotopic (exact) mass is 327 g/mol. The number of fused-ring (bicyclic) bond motifs is 7. The first-order valence-electron chi connectivity index (χ1n) is 8.33. The van der Waals surface area contributed by atoms with Gasteiger partial charge < -0.3 is 14.1 Å². The van der Waals surface area contributed by atoms with Crippen LogP contribution < -0.4 is 4.65 Å². The van der Waals surface area contributed by atoms with E-state index in [1.54, 1.807) is 0 Å². The molecule has 0 saturated carbocycles. The Morgan fingerprint density at radius 3 is 2.60 bits per heavy atom. The summed E-state index contributed by atoms with van der Waals surface area (Å²) in [5.74, 6) is 0.628. The van der Waals surface area contributed by atoms with Gasteiger partial charge in [-0.05, 0) is 41.0 Å². The Labute approximate surface area is 146 Å². The summed E-state index contributed by atoms with van der Waals surface area (Å²) in [5, 5.41) is 11.2. The molecule has 0 amide bonds. The van der Waals surface area contributed by atoms with Crippen LogP contribution in [0.5, 0.6) is 5.75 Å². The van der Waals surface area contributed by atoms with Crippen LogP contribution in [-0.4, -0.2) is 12.7 Å². The largest absolute Gasteiger partial charge is 0.569 e. The lowest BCUT2D eigenvalue weighted by Crippen LogP contribution is -2.15. The van der Waals surface area contributed by atoms with Gasteiger partial charge in [-0.15, -0.1) is 0 Å². The molecule has 5 rings (SSSR count). The minimum Gasteiger partial charge on any atom is -0.537 e. The Hall–Kier alpha value is -2.72. The average molecular weight is 327 g/mol. The normalized spacial score (nSPS) is 14.5. The molecule has 0 fully saturated rings. The molecule has 0 spiro atoms. The molecule has 121 valence electrons. The first-order valence-corrected chi connectivity index (χ1v) is 8.33. The summed E-state index contributed by atoms with van der Waals surface area (Å²) in [7, 11) is 0.717. The SMILES string of the molecule is CC1(C)c2cc(O[B]O)ccc2-c2ccc3c(oc4ccccc43)c21. The van der Waals surface area contributed by atoms with E-state index in [-0.39, 0.29) is 5.41 Å². The van der Waals surface area contributed by atoms with Crippen LogP contribution in [0.1, 0.15) is 25.0 Å². The summed E-state index contributed by atoms with van der Waals surface area (Å²) in [6, 6.07) is 18.4. The molecular weight excluding hydrogens is 311 g/mol. The lowest BCUT2D eigenvalue weighted by atomic mass is 9.81. The van der Waals surface area contributed by atoms with Crippen LogP contribution in [-0.2, 0) is 5.41 Å². The molecule has 0 saturated heterocycles. The first-order chi connectivity index (χ1) is 12.1. The van der Waals surface area contributed by atoms with Crippen LogP contribution in [0.2, 0.25) is 0 Å². The molecule has 1 radical (unpaired) electrons. The van der Waals surface area contributed by atoms with Gasteiger partial charge in [0, 0.05) is 21.8 Å². The summed E-state index contributed by atoms with van der Waals surface area (Å²) in [6.07, 6.45) is 0. The molecule has 4 aromatic rings. The van der Waals surface area contributed by atoms with Crippen LogP contribution in [0.3, 0.4) is 0 Å². The molecule has 1 heterocycles. The molecule has 0 atom stereocenters. The van der Waals surface area contributed by atoms with E-state index in [4.69, 9.17) is 14.1 Å². The topological polar surface area (TPSA) is 42.6 Å². The van der Waals surface area contributed by atoms with E-state index in [0.29, 0.717) is 13.4 Å². The molecule has 1 aliphatic carbocycles. The van der Waals surface area contributed by atoms with Crippen molar-refractivity contribution in [1.29, 1.82) is 0 Å². The van der Waals surface area contributed by atoms with Crippen LogP contribution >= 0.6 is 0 Å². The molecule has 4 heteroatoms. The number of hydrogen-bond donors (Lipinski definition) is 1. The zero-order valence-electron chi connectivity index (χ0n) is 14.0. The Bertz CT molecular complexity index is 1140. The van der Waals surface area contributed by atoms with E-state index in [2.05, 4.69) is 38.1 Å². The highest BCUT2D eigenvalue weighted by Gasteiger charge is 2.38. The fourth-order valence-electron chi connectivity index (χ4n) is 4.18. The van der Waals surface area contributed by atoms with Gasteiger partial charge in [-0.1, -0.05) is 44.2 Å². The number of rotatable bonds is 2. The van der Waals surface area contributed by atoms with Crippen molar-refractivity contribution in [1.82, 2.24) is 0 Å². The van der Waals surface area contributed by atoms with Gasteiger partial charge in [-0.3, -0.25) is 0 Å². The van der Waals surface area contributed by atoms with Crippen LogP contribution in [0.4, 0.5) is 0 Å². The molecule has 1 aromatic heterocycles. The van der Waals surface area contributed by atoms with E-state index in [1.807, 2.05) is 30.3 Å². The average Bonchev–Trinajstić information content (AvgIpc) is 3.09. The molecule has 25 heavy (non-hydrogen) atoms. The maximum atomic E-state index is 8.93. The first kappa shape index (κ1) is 14.6. The molecule has 0 unspecified atom stereocenters. The van der Waals surface area contributed by atoms with Crippen molar-refractivity contribution in [3.05, 3.63) is 65.7 Å². The van der Waals surface area contributed by atoms with Gasteiger partial charge in [-0.25, -0.2) is 0 Å². The molecule has 3 aromatic carbocycles. The summed E-state index contributed by atoms with van der Waals surface area (Å²) >= 11 is 0. The van der Waals surface area contributed by atoms with Crippen molar-refractivity contribution in [3.63, 3.8) is 0 Å². The van der Waals surface area contributed by atoms with Crippen LogP contribution in [0.25, 0.3) is 33.1 Å². The summed E-state index contributed by atoms with van der Waals surface area (Å²) in [6.45, 7) is 4.41. The van der Waals surface area contributed by atoms with Crippen LogP contribution in [0, 0.1) is 0 Å². The van der Waals surface area contributed by atoms with Crippen molar-refractivity contribution in [2.75, 3.05) is 0 Å². The Morgan fingerprint density at radius 2 is 1.76 bits per heavy atom. The van der Waals surface area contributed by atoms with E-state index in [1.165, 1.54) is 22.3 Å². The van der Waals surface area contributed by atoms with Crippen molar-refractivity contribution in [3.8, 4) is 16.9 Å². The van der Waals surface area contributed by atoms with E-state index < -0.39 is 0 Å². The zero-order valence-corrected chi connectivity index (χ0v) is 14.0. The molecule has 1 aliphatic rings. The second-order valence-corrected chi connectivity index (χ2v) is 7.02. The fraction of sp³-hybridized carbons (Fsp3) is 0.143. The van der Waals surface area contributed by atoms with Gasteiger partial charge >= 0.3 is 7.69 Å². The summed E-state index contributed by atoms with van der Waals surface area (Å²) in [4.78, 5) is 0. The second kappa shape index (κ2) is 4.90. The third-order valence-electron chi connectivity index (χ3n) is 5.32. The van der Waals surface area contributed by atoms with Crippen LogP contribution in [0.15, 0.2) is 59.0 Å². The standard InChI is InChI=1S/C21H16BO3/c1-21(2)17-11-12(25-22-23)7-8-13(17)15-9-10-16-14-5-3-4-6-18(14)24-20(16)19(15)21/h3-11,23H,1-2H3. The fourth-order valence-corrected chi connectivity index (χ4v) is 4.18. The molecule has 1 N–H and O–H groups in total. The van der Waals surface area contributed by atoms with Gasteiger partial charge in [0.15, 0.2) is 0 Å². The second-order valence-electron chi connectivity index (χ2n) is 7.02. The number of para-hydroxylation sites is 1. The lowest BCUT2D eigenvalue weighted by Gasteiger charge is -2.22. The quantitative estimate of drug-likeness (QED) is 0.538. The number of furan rings is 1. The van der Waals surface area contributed by atoms with E-state index in [9.17, 15) is 0 Å². The third kappa shape index (κ3) is 1.86. The predicted molar refractivity (Wildman–Crippen MR) is 99.9 cm³/mol. The Kier molecular flexibility index (Phi) is 2.86. The predicted octanol–water partition coefficient (Wildman–Crippen LogP) is 4.80. The van der Waals surface area contributed by atoms with Crippen molar-refractivity contribution < 1.29 is 14.1 Å². The summed E-state index contributed by atoms with van der Waals surface area (Å²) < 4.78 is 11.4. The van der Waals surface area contributed by atoms with Crippen molar-refractivity contribution in [2.45, 2.75) is 19.3 Å². The maximum Gasteiger partial charge on any atom is 0.569 e. The van der Waals surface area contributed by atoms with Gasteiger partial charge in [0.05, 0.1) is 0 Å². The molecule has 3 nitrogen and oxygen atoms in total. The maximum absolute atomic E-state index is 8.93. The Balaban J connectivity index is 1.85. The van der Waals surface area contributed by atoms with Gasteiger partial charge in [0.1, 0.15) is 16.9 Å². The zero-order chi connectivity index (χ0) is 17.2. The van der Waals surface area contributed by atoms with Gasteiger partial charge in [-0.2, -0.15) is 0 Å². The lowest BCUT2D eigenvalue weighted by molar-refractivity contribution is 0.453. The van der Waals surface area contributed by atoms with Gasteiger partial charge in [0.25, 0.3) is 0 Å². The van der Waals surface area contributed by atoms with Crippen molar-refractivity contribution >= 4 is 29.6 Å². The number of benzene rings is 3. The third-order valence-corrected chi connectivity index (χ3v) is 5.32. The molecule has 0 bridgehead atoms. The van der Waals surface area contributed by atoms with E-state index in [0.717, 1.165) is 21.9 Å². The van der Waals surface area contributed by atoms with Gasteiger partial charge in [0.2, 0.25) is 0 Å². The Morgan fingerprint density at radius 1 is 0.960 bits per heavy atom. The molecular formula is C21H16BO3. The van der Waals surface area contributed by atoms with E-state index >= 15 is 0 Å². The molecule has 0 aliphatic heterocycles. The highest BCUT2D eigenvalue weighted by molar-refractivity contribution is 6.17. The van der Waals surface area contributed by atoms with Crippen molar-refractivity contribution in [2.24, 2.45) is 0 Å². The smallest absolute Gasteiger partial charge is 0.537 e. The number of hydrogen-bond acceptors (Lipinski definition) is 3. The highest BCUT2D eigenvalue weighted by atomic mass is 16.5. The summed E-state index contributed by atoms with van der Waals surface area (Å²) in [5.41, 5.74) is 6.43. The minimum absolute atomic E-state index is 0.215.